The molecule has 2 aromatic heterocycles. The average Bonchev–Trinajstić information content (AvgIpc) is 3.09. The number of hydrogen-bond donors (Lipinski definition) is 0. The Morgan fingerprint density at radius 3 is 2.54 bits per heavy atom. The number of nitrogens with zero attached hydrogens (tertiary/aromatic N) is 4. The highest BCUT2D eigenvalue weighted by Gasteiger charge is 2.30. The molecule has 1 aliphatic rings. The van der Waals surface area contributed by atoms with Crippen molar-refractivity contribution in [1.29, 1.82) is 0 Å². The summed E-state index contributed by atoms with van der Waals surface area (Å²) >= 11 is 7.90. The number of hydrogen-bond acceptors (Lipinski definition) is 4. The van der Waals surface area contributed by atoms with E-state index in [4.69, 9.17) is 16.6 Å². The first-order valence-electron chi connectivity index (χ1n) is 8.87. The number of aromatic nitrogens is 3. The van der Waals surface area contributed by atoms with Gasteiger partial charge in [-0.1, -0.05) is 37.1 Å². The third-order valence-corrected chi connectivity index (χ3v) is 6.36. The van der Waals surface area contributed by atoms with E-state index < -0.39 is 0 Å². The summed E-state index contributed by atoms with van der Waals surface area (Å²) in [7, 11) is 0. The first kappa shape index (κ1) is 17.4. The summed E-state index contributed by atoms with van der Waals surface area (Å²) in [6.45, 7) is 8.54. The Hall–Kier alpha value is -1.98. The molecule has 26 heavy (non-hydrogen) atoms. The Kier molecular flexibility index (Phi) is 4.45. The van der Waals surface area contributed by atoms with Crippen molar-refractivity contribution in [2.45, 2.75) is 46.6 Å². The van der Waals surface area contributed by atoms with Gasteiger partial charge in [0.1, 0.15) is 16.9 Å². The molecular weight excluding hydrogens is 364 g/mol. The second-order valence-electron chi connectivity index (χ2n) is 6.69. The molecule has 0 radical (unpaired) electrons. The first-order chi connectivity index (χ1) is 12.5. The van der Waals surface area contributed by atoms with Gasteiger partial charge in [-0.2, -0.15) is 0 Å². The minimum absolute atomic E-state index is 0.00573. The second-order valence-corrected chi connectivity index (χ2v) is 8.33. The predicted molar refractivity (Wildman–Crippen MR) is 108 cm³/mol. The average molecular weight is 385 g/mol. The molecule has 0 spiro atoms. The summed E-state index contributed by atoms with van der Waals surface area (Å²) in [5.41, 5.74) is 4.59. The van der Waals surface area contributed by atoms with Gasteiger partial charge >= 0.3 is 0 Å². The SMILES string of the molecule is CCC[C@@H]1N=C(c2ccc(Cl)cc2)c2c(sc(C)c2C)-n2c(C)nnc21. The minimum atomic E-state index is 0.00573. The fourth-order valence-corrected chi connectivity index (χ4v) is 4.80. The minimum Gasteiger partial charge on any atom is -0.273 e. The lowest BCUT2D eigenvalue weighted by Gasteiger charge is -2.11. The van der Waals surface area contributed by atoms with Crippen LogP contribution in [-0.4, -0.2) is 20.5 Å². The summed E-state index contributed by atoms with van der Waals surface area (Å²) < 4.78 is 2.20. The number of halogens is 1. The van der Waals surface area contributed by atoms with Crippen molar-refractivity contribution in [3.05, 3.63) is 62.5 Å². The standard InChI is InChI=1S/C20H21ClN4S/c1-5-6-16-19-24-23-13(4)25(19)20-17(11(2)12(3)26-20)18(22-16)14-7-9-15(21)10-8-14/h7-10,16H,5-6H2,1-4H3/t16-/m0/s1. The van der Waals surface area contributed by atoms with Gasteiger partial charge in [0, 0.05) is 21.0 Å². The highest BCUT2D eigenvalue weighted by atomic mass is 35.5. The van der Waals surface area contributed by atoms with E-state index in [1.54, 1.807) is 11.3 Å². The van der Waals surface area contributed by atoms with Crippen LogP contribution in [0.4, 0.5) is 0 Å². The molecule has 1 atom stereocenters. The van der Waals surface area contributed by atoms with E-state index in [0.29, 0.717) is 0 Å². The van der Waals surface area contributed by atoms with E-state index >= 15 is 0 Å². The zero-order valence-electron chi connectivity index (χ0n) is 15.4. The van der Waals surface area contributed by atoms with Gasteiger partial charge in [-0.25, -0.2) is 0 Å². The molecule has 134 valence electrons. The van der Waals surface area contributed by atoms with Crippen LogP contribution in [0.25, 0.3) is 5.00 Å². The summed E-state index contributed by atoms with van der Waals surface area (Å²) in [6, 6.07) is 7.97. The highest BCUT2D eigenvalue weighted by Crippen LogP contribution is 2.39. The highest BCUT2D eigenvalue weighted by molar-refractivity contribution is 7.15. The molecule has 4 rings (SSSR count). The fraction of sp³-hybridized carbons (Fsp3) is 0.350. The Morgan fingerprint density at radius 2 is 1.85 bits per heavy atom. The van der Waals surface area contributed by atoms with Gasteiger partial charge in [-0.15, -0.1) is 21.5 Å². The van der Waals surface area contributed by atoms with Gasteiger partial charge in [0.05, 0.1) is 5.71 Å². The van der Waals surface area contributed by atoms with E-state index in [1.807, 2.05) is 19.1 Å². The fourth-order valence-electron chi connectivity index (χ4n) is 3.46. The van der Waals surface area contributed by atoms with Crippen LogP contribution in [0, 0.1) is 20.8 Å². The number of fused-ring (bicyclic) bond motifs is 3. The third kappa shape index (κ3) is 2.70. The van der Waals surface area contributed by atoms with Gasteiger partial charge < -0.3 is 0 Å². The van der Waals surface area contributed by atoms with Crippen LogP contribution in [0.1, 0.15) is 59.0 Å². The molecule has 0 bridgehead atoms. The molecule has 1 aliphatic heterocycles. The quantitative estimate of drug-likeness (QED) is 0.589. The Bertz CT molecular complexity index is 998. The molecule has 0 aliphatic carbocycles. The van der Waals surface area contributed by atoms with E-state index in [1.165, 1.54) is 21.0 Å². The molecule has 0 N–H and O–H groups in total. The van der Waals surface area contributed by atoms with Crippen LogP contribution < -0.4 is 0 Å². The molecule has 0 unspecified atom stereocenters. The molecule has 4 nitrogen and oxygen atoms in total. The summed E-state index contributed by atoms with van der Waals surface area (Å²) in [6.07, 6.45) is 1.99. The number of rotatable bonds is 3. The number of benzene rings is 1. The molecule has 0 amide bonds. The lowest BCUT2D eigenvalue weighted by atomic mass is 9.99. The Labute approximate surface area is 162 Å². The van der Waals surface area contributed by atoms with E-state index in [9.17, 15) is 0 Å². The second kappa shape index (κ2) is 6.63. The van der Waals surface area contributed by atoms with Crippen LogP contribution >= 0.6 is 22.9 Å². The van der Waals surface area contributed by atoms with Crippen molar-refractivity contribution in [1.82, 2.24) is 14.8 Å². The van der Waals surface area contributed by atoms with Crippen LogP contribution in [0.15, 0.2) is 29.3 Å². The smallest absolute Gasteiger partial charge is 0.163 e. The van der Waals surface area contributed by atoms with Gasteiger partial charge in [-0.3, -0.25) is 9.56 Å². The van der Waals surface area contributed by atoms with Crippen molar-refractivity contribution in [2.24, 2.45) is 4.99 Å². The zero-order chi connectivity index (χ0) is 18.4. The van der Waals surface area contributed by atoms with E-state index in [2.05, 4.69) is 47.7 Å². The Morgan fingerprint density at radius 1 is 1.12 bits per heavy atom. The largest absolute Gasteiger partial charge is 0.273 e. The van der Waals surface area contributed by atoms with Crippen molar-refractivity contribution in [2.75, 3.05) is 0 Å². The van der Waals surface area contributed by atoms with Gasteiger partial charge in [0.25, 0.3) is 0 Å². The molecule has 3 heterocycles. The lowest BCUT2D eigenvalue weighted by Crippen LogP contribution is -2.07. The van der Waals surface area contributed by atoms with Gasteiger partial charge in [0.2, 0.25) is 0 Å². The molecule has 0 fully saturated rings. The van der Waals surface area contributed by atoms with Gasteiger partial charge in [0.15, 0.2) is 5.82 Å². The first-order valence-corrected chi connectivity index (χ1v) is 10.1. The normalized spacial score (nSPS) is 16.0. The van der Waals surface area contributed by atoms with Crippen molar-refractivity contribution in [3.63, 3.8) is 0 Å². The monoisotopic (exact) mass is 384 g/mol. The maximum Gasteiger partial charge on any atom is 0.163 e. The molecule has 0 saturated heterocycles. The maximum absolute atomic E-state index is 6.11. The Balaban J connectivity index is 2.03. The van der Waals surface area contributed by atoms with Crippen molar-refractivity contribution >= 4 is 28.6 Å². The topological polar surface area (TPSA) is 43.1 Å². The van der Waals surface area contributed by atoms with Crippen LogP contribution in [0.5, 0.6) is 0 Å². The summed E-state index contributed by atoms with van der Waals surface area (Å²) in [5, 5.41) is 10.7. The molecule has 3 aromatic rings. The number of aliphatic imine (C=N–C) groups is 1. The number of aryl methyl sites for hydroxylation is 2. The number of thiophene rings is 1. The van der Waals surface area contributed by atoms with Crippen LogP contribution in [-0.2, 0) is 0 Å². The van der Waals surface area contributed by atoms with Crippen molar-refractivity contribution < 1.29 is 0 Å². The van der Waals surface area contributed by atoms with Gasteiger partial charge in [-0.05, 0) is 44.9 Å². The summed E-state index contributed by atoms with van der Waals surface area (Å²) in [4.78, 5) is 6.49. The van der Waals surface area contributed by atoms with Crippen molar-refractivity contribution in [3.8, 4) is 5.00 Å². The van der Waals surface area contributed by atoms with E-state index in [0.717, 1.165) is 40.8 Å². The molecule has 6 heteroatoms. The van der Waals surface area contributed by atoms with Crippen LogP contribution in [0.3, 0.4) is 0 Å². The molecule has 0 saturated carbocycles. The molecular formula is C20H21ClN4S. The summed E-state index contributed by atoms with van der Waals surface area (Å²) in [5.74, 6) is 1.85. The lowest BCUT2D eigenvalue weighted by molar-refractivity contribution is 0.597. The zero-order valence-corrected chi connectivity index (χ0v) is 16.9. The van der Waals surface area contributed by atoms with E-state index in [-0.39, 0.29) is 6.04 Å². The molecule has 1 aromatic carbocycles. The third-order valence-electron chi connectivity index (χ3n) is 4.92. The maximum atomic E-state index is 6.11. The predicted octanol–water partition coefficient (Wildman–Crippen LogP) is 5.60. The van der Waals surface area contributed by atoms with Crippen LogP contribution in [0.2, 0.25) is 5.02 Å².